The van der Waals surface area contributed by atoms with E-state index in [9.17, 15) is 18.0 Å². The van der Waals surface area contributed by atoms with Gasteiger partial charge in [0.05, 0.1) is 18.7 Å². The second-order valence-corrected chi connectivity index (χ2v) is 11.9. The van der Waals surface area contributed by atoms with Gasteiger partial charge in [-0.05, 0) is 74.7 Å². The number of hydrogen-bond donors (Lipinski definition) is 1. The number of piperidine rings is 1. The molecule has 1 aromatic carbocycles. The summed E-state index contributed by atoms with van der Waals surface area (Å²) in [5, 5.41) is 3.45. The van der Waals surface area contributed by atoms with Crippen LogP contribution in [0, 0.1) is 0 Å². The number of carbonyl (C=O) groups is 2. The van der Waals surface area contributed by atoms with Crippen LogP contribution >= 0.6 is 11.6 Å². The van der Waals surface area contributed by atoms with Crippen molar-refractivity contribution in [1.82, 2.24) is 9.88 Å². The molecule has 3 aliphatic rings. The summed E-state index contributed by atoms with van der Waals surface area (Å²) in [6.45, 7) is 2.54. The van der Waals surface area contributed by atoms with Crippen molar-refractivity contribution in [3.05, 3.63) is 47.1 Å². The number of anilines is 1. The number of nitrogens with zero attached hydrogens (tertiary/aromatic N) is 2. The standard InChI is InChI=1S/C24H26ClN3O6S/c1-33-22(30)24(6-7-24)35(31,32)20-5-3-17(15-26-20)34-13-12-28-10-8-23(9-11-28)18-14-16(25)2-4-19(18)27-21(23)29/h2-5,14-15H,6-13H2,1H3,(H,27,29). The lowest BCUT2D eigenvalue weighted by molar-refractivity contribution is -0.141. The third-order valence-electron chi connectivity index (χ3n) is 7.33. The Morgan fingerprint density at radius 3 is 2.54 bits per heavy atom. The van der Waals surface area contributed by atoms with Crippen LogP contribution in [0.1, 0.15) is 31.2 Å². The molecule has 1 saturated carbocycles. The van der Waals surface area contributed by atoms with Gasteiger partial charge in [0.2, 0.25) is 15.7 Å². The summed E-state index contributed by atoms with van der Waals surface area (Å²) >= 11 is 6.18. The number of sulfone groups is 1. The molecule has 9 nitrogen and oxygen atoms in total. The topological polar surface area (TPSA) is 115 Å². The summed E-state index contributed by atoms with van der Waals surface area (Å²) in [7, 11) is -2.74. The predicted molar refractivity (Wildman–Crippen MR) is 128 cm³/mol. The van der Waals surface area contributed by atoms with Gasteiger partial charge in [-0.3, -0.25) is 14.5 Å². The summed E-state index contributed by atoms with van der Waals surface area (Å²) < 4.78 is 34.6. The largest absolute Gasteiger partial charge is 0.491 e. The zero-order valence-electron chi connectivity index (χ0n) is 19.3. The maximum Gasteiger partial charge on any atom is 0.327 e. The molecule has 1 spiro atoms. The molecule has 1 aromatic heterocycles. The summed E-state index contributed by atoms with van der Waals surface area (Å²) in [6, 6.07) is 8.43. The molecule has 35 heavy (non-hydrogen) atoms. The molecule has 0 unspecified atom stereocenters. The van der Waals surface area contributed by atoms with Gasteiger partial charge in [0.25, 0.3) is 0 Å². The summed E-state index contributed by atoms with van der Waals surface area (Å²) in [4.78, 5) is 31.0. The van der Waals surface area contributed by atoms with Crippen LogP contribution in [0.5, 0.6) is 5.75 Å². The molecule has 186 valence electrons. The summed E-state index contributed by atoms with van der Waals surface area (Å²) in [5.74, 6) is -0.268. The number of esters is 1. The van der Waals surface area contributed by atoms with Crippen molar-refractivity contribution in [2.24, 2.45) is 0 Å². The van der Waals surface area contributed by atoms with Gasteiger partial charge in [-0.25, -0.2) is 13.4 Å². The number of likely N-dealkylation sites (tertiary alicyclic amines) is 1. The van der Waals surface area contributed by atoms with Crippen LogP contribution in [-0.2, 0) is 29.6 Å². The van der Waals surface area contributed by atoms with Gasteiger partial charge in [0, 0.05) is 17.3 Å². The number of amides is 1. The minimum Gasteiger partial charge on any atom is -0.491 e. The number of ether oxygens (including phenoxy) is 2. The number of fused-ring (bicyclic) bond motifs is 2. The fourth-order valence-corrected chi connectivity index (χ4v) is 6.98. The number of halogens is 1. The second-order valence-electron chi connectivity index (χ2n) is 9.24. The fourth-order valence-electron chi connectivity index (χ4n) is 5.03. The van der Waals surface area contributed by atoms with Crippen LogP contribution in [0.4, 0.5) is 5.69 Å². The van der Waals surface area contributed by atoms with Gasteiger partial charge in [-0.1, -0.05) is 11.6 Å². The first-order valence-corrected chi connectivity index (χ1v) is 13.3. The van der Waals surface area contributed by atoms with Crippen molar-refractivity contribution in [3.63, 3.8) is 0 Å². The molecule has 2 fully saturated rings. The number of methoxy groups -OCH3 is 1. The molecule has 11 heteroatoms. The highest BCUT2D eigenvalue weighted by atomic mass is 35.5. The normalized spacial score (nSPS) is 20.2. The molecule has 1 saturated heterocycles. The van der Waals surface area contributed by atoms with Gasteiger partial charge >= 0.3 is 5.97 Å². The maximum atomic E-state index is 12.8. The molecule has 1 N–H and O–H groups in total. The Bertz CT molecular complexity index is 1270. The van der Waals surface area contributed by atoms with Gasteiger partial charge in [-0.2, -0.15) is 0 Å². The van der Waals surface area contributed by atoms with Gasteiger partial charge in [0.1, 0.15) is 12.4 Å². The minimum absolute atomic E-state index is 0.0342. The summed E-state index contributed by atoms with van der Waals surface area (Å²) in [6.07, 6.45) is 3.22. The molecule has 2 aromatic rings. The fraction of sp³-hybridized carbons (Fsp3) is 0.458. The third-order valence-corrected chi connectivity index (χ3v) is 9.96. The molecule has 2 aliphatic heterocycles. The third kappa shape index (κ3) is 3.97. The Balaban J connectivity index is 1.15. The second kappa shape index (κ2) is 8.76. The predicted octanol–water partition coefficient (Wildman–Crippen LogP) is 2.58. The van der Waals surface area contributed by atoms with Crippen molar-refractivity contribution >= 4 is 39.0 Å². The number of nitrogens with one attached hydrogen (secondary N) is 1. The zero-order chi connectivity index (χ0) is 24.8. The van der Waals surface area contributed by atoms with Crippen LogP contribution in [0.3, 0.4) is 0 Å². The van der Waals surface area contributed by atoms with Crippen molar-refractivity contribution in [3.8, 4) is 5.75 Å². The number of benzene rings is 1. The molecule has 1 aliphatic carbocycles. The first kappa shape index (κ1) is 24.0. The minimum atomic E-state index is -3.92. The Morgan fingerprint density at radius 2 is 1.91 bits per heavy atom. The van der Waals surface area contributed by atoms with Crippen LogP contribution in [0.2, 0.25) is 5.02 Å². The number of carbonyl (C=O) groups excluding carboxylic acids is 2. The van der Waals surface area contributed by atoms with Crippen molar-refractivity contribution in [1.29, 1.82) is 0 Å². The van der Waals surface area contributed by atoms with Crippen LogP contribution < -0.4 is 10.1 Å². The maximum absolute atomic E-state index is 12.8. The molecule has 5 rings (SSSR count). The smallest absolute Gasteiger partial charge is 0.327 e. The highest BCUT2D eigenvalue weighted by Crippen LogP contribution is 2.47. The lowest BCUT2D eigenvalue weighted by atomic mass is 9.73. The molecule has 0 atom stereocenters. The molecule has 1 amide bonds. The molecular weight excluding hydrogens is 494 g/mol. The van der Waals surface area contributed by atoms with Gasteiger partial charge in [-0.15, -0.1) is 0 Å². The van der Waals surface area contributed by atoms with Crippen LogP contribution in [0.25, 0.3) is 0 Å². The van der Waals surface area contributed by atoms with Crippen molar-refractivity contribution in [2.45, 2.75) is 40.9 Å². The SMILES string of the molecule is COC(=O)C1(S(=O)(=O)c2ccc(OCCN3CCC4(CC3)C(=O)Nc3ccc(Cl)cc34)cn2)CC1. The van der Waals surface area contributed by atoms with Crippen molar-refractivity contribution < 1.29 is 27.5 Å². The van der Waals surface area contributed by atoms with E-state index in [1.807, 2.05) is 12.1 Å². The van der Waals surface area contributed by atoms with Crippen LogP contribution in [-0.4, -0.2) is 68.3 Å². The van der Waals surface area contributed by atoms with E-state index in [4.69, 9.17) is 16.3 Å². The number of pyridine rings is 1. The van der Waals surface area contributed by atoms with E-state index in [2.05, 4.69) is 19.9 Å². The van der Waals surface area contributed by atoms with E-state index < -0.39 is 26.0 Å². The number of aromatic nitrogens is 1. The molecule has 0 bridgehead atoms. The van der Waals surface area contributed by atoms with E-state index in [1.165, 1.54) is 19.4 Å². The lowest BCUT2D eigenvalue weighted by Crippen LogP contribution is -2.47. The lowest BCUT2D eigenvalue weighted by Gasteiger charge is -2.37. The molecular formula is C24H26ClN3O6S. The number of hydrogen-bond acceptors (Lipinski definition) is 8. The molecule has 3 heterocycles. The van der Waals surface area contributed by atoms with E-state index in [-0.39, 0.29) is 23.8 Å². The average molecular weight is 520 g/mol. The summed E-state index contributed by atoms with van der Waals surface area (Å²) in [5.41, 5.74) is 1.28. The van der Waals surface area contributed by atoms with Crippen LogP contribution in [0.15, 0.2) is 41.6 Å². The Hall–Kier alpha value is -2.69. The van der Waals surface area contributed by atoms with E-state index in [0.29, 0.717) is 36.8 Å². The van der Waals surface area contributed by atoms with E-state index in [0.717, 1.165) is 24.3 Å². The Morgan fingerprint density at radius 1 is 1.17 bits per heavy atom. The van der Waals surface area contributed by atoms with Gasteiger partial charge < -0.3 is 14.8 Å². The van der Waals surface area contributed by atoms with E-state index in [1.54, 1.807) is 12.1 Å². The Labute approximate surface area is 208 Å². The molecule has 0 radical (unpaired) electrons. The highest BCUT2D eigenvalue weighted by molar-refractivity contribution is 7.93. The van der Waals surface area contributed by atoms with Gasteiger partial charge in [0.15, 0.2) is 9.77 Å². The highest BCUT2D eigenvalue weighted by Gasteiger charge is 2.63. The quantitative estimate of drug-likeness (QED) is 0.555. The number of rotatable bonds is 7. The van der Waals surface area contributed by atoms with Crippen molar-refractivity contribution in [2.75, 3.05) is 38.7 Å². The first-order valence-electron chi connectivity index (χ1n) is 11.5. The Kier molecular flexibility index (Phi) is 6.01. The first-order chi connectivity index (χ1) is 16.7. The van der Waals surface area contributed by atoms with E-state index >= 15 is 0 Å². The monoisotopic (exact) mass is 519 g/mol. The average Bonchev–Trinajstić information content (AvgIpc) is 3.64. The zero-order valence-corrected chi connectivity index (χ0v) is 20.8.